The van der Waals surface area contributed by atoms with Crippen molar-refractivity contribution in [3.05, 3.63) is 12.8 Å². The molecule has 2 nitrogen and oxygen atoms in total. The lowest BCUT2D eigenvalue weighted by Gasteiger charge is -1.98. The molecule has 0 bridgehead atoms. The van der Waals surface area contributed by atoms with Gasteiger partial charge in [0.2, 0.25) is 0 Å². The predicted octanol–water partition coefficient (Wildman–Crippen LogP) is 1.75. The molecule has 0 aliphatic heterocycles. The van der Waals surface area contributed by atoms with Crippen molar-refractivity contribution in [3.63, 3.8) is 0 Å². The maximum Gasteiger partial charge on any atom is 0.0899 e. The van der Waals surface area contributed by atoms with Gasteiger partial charge in [0.1, 0.15) is 0 Å². The highest BCUT2D eigenvalue weighted by atomic mass is 15.1. The first-order valence-electron chi connectivity index (χ1n) is 3.08. The zero-order valence-electron chi connectivity index (χ0n) is 6.76. The molecule has 0 amide bonds. The molecule has 54 valence electrons. The van der Waals surface area contributed by atoms with E-state index < -0.39 is 0 Å². The van der Waals surface area contributed by atoms with E-state index in [-0.39, 0.29) is 0 Å². The lowest BCUT2D eigenvalue weighted by atomic mass is 10.9. The second kappa shape index (κ2) is 10.2. The SMILES string of the molecule is C=CN=CN(C)C.CC. The van der Waals surface area contributed by atoms with Gasteiger partial charge in [0.15, 0.2) is 0 Å². The third-order valence-corrected chi connectivity index (χ3v) is 0.403. The summed E-state index contributed by atoms with van der Waals surface area (Å²) < 4.78 is 0. The molecule has 0 aliphatic rings. The summed E-state index contributed by atoms with van der Waals surface area (Å²) in [7, 11) is 3.82. The van der Waals surface area contributed by atoms with E-state index in [1.165, 1.54) is 6.20 Å². The van der Waals surface area contributed by atoms with Crippen LogP contribution in [0.4, 0.5) is 0 Å². The number of rotatable bonds is 2. The summed E-state index contributed by atoms with van der Waals surface area (Å²) >= 11 is 0. The molecule has 0 atom stereocenters. The number of nitrogens with zero attached hydrogens (tertiary/aromatic N) is 2. The molecule has 0 heterocycles. The third-order valence-electron chi connectivity index (χ3n) is 0.403. The summed E-state index contributed by atoms with van der Waals surface area (Å²) in [5.41, 5.74) is 0. The Hall–Kier alpha value is -0.790. The second-order valence-electron chi connectivity index (χ2n) is 1.41. The smallest absolute Gasteiger partial charge is 0.0899 e. The highest BCUT2D eigenvalue weighted by molar-refractivity contribution is 5.54. The highest BCUT2D eigenvalue weighted by Crippen LogP contribution is 1.66. The van der Waals surface area contributed by atoms with Crippen molar-refractivity contribution in [1.82, 2.24) is 4.90 Å². The summed E-state index contributed by atoms with van der Waals surface area (Å²) in [6.07, 6.45) is 3.19. The Bertz CT molecular complexity index is 75.0. The molecular formula is C7H16N2. The minimum atomic E-state index is 1.50. The van der Waals surface area contributed by atoms with Gasteiger partial charge in [-0.05, 0) is 0 Å². The third kappa shape index (κ3) is 19.0. The van der Waals surface area contributed by atoms with Crippen LogP contribution in [-0.2, 0) is 0 Å². The Kier molecular flexibility index (Phi) is 12.6. The van der Waals surface area contributed by atoms with E-state index in [9.17, 15) is 0 Å². The van der Waals surface area contributed by atoms with Crippen molar-refractivity contribution in [2.75, 3.05) is 14.1 Å². The molecule has 0 aromatic carbocycles. The van der Waals surface area contributed by atoms with E-state index in [1.807, 2.05) is 32.8 Å². The molecule has 9 heavy (non-hydrogen) atoms. The lowest BCUT2D eigenvalue weighted by molar-refractivity contribution is 0.643. The average Bonchev–Trinajstić information content (AvgIpc) is 1.88. The Balaban J connectivity index is 0. The molecule has 0 aromatic rings. The molecule has 0 fully saturated rings. The molecule has 0 saturated heterocycles. The Morgan fingerprint density at radius 1 is 1.33 bits per heavy atom. The van der Waals surface area contributed by atoms with E-state index in [2.05, 4.69) is 11.6 Å². The van der Waals surface area contributed by atoms with E-state index in [4.69, 9.17) is 0 Å². The van der Waals surface area contributed by atoms with E-state index in [0.29, 0.717) is 0 Å². The monoisotopic (exact) mass is 128 g/mol. The first-order chi connectivity index (χ1) is 4.27. The van der Waals surface area contributed by atoms with Crippen LogP contribution in [0.1, 0.15) is 13.8 Å². The molecule has 0 aliphatic carbocycles. The Morgan fingerprint density at radius 2 is 1.78 bits per heavy atom. The van der Waals surface area contributed by atoms with Gasteiger partial charge in [-0.15, -0.1) is 0 Å². The Morgan fingerprint density at radius 3 is 1.89 bits per heavy atom. The summed E-state index contributed by atoms with van der Waals surface area (Å²) in [4.78, 5) is 5.58. The fraction of sp³-hybridized carbons (Fsp3) is 0.571. The summed E-state index contributed by atoms with van der Waals surface area (Å²) in [6, 6.07) is 0. The van der Waals surface area contributed by atoms with E-state index in [1.54, 1.807) is 6.34 Å². The van der Waals surface area contributed by atoms with Crippen molar-refractivity contribution in [2.24, 2.45) is 4.99 Å². The van der Waals surface area contributed by atoms with E-state index in [0.717, 1.165) is 0 Å². The first kappa shape index (κ1) is 11.1. The van der Waals surface area contributed by atoms with Gasteiger partial charge in [-0.3, -0.25) is 0 Å². The molecule has 0 spiro atoms. The van der Waals surface area contributed by atoms with Gasteiger partial charge < -0.3 is 4.90 Å². The summed E-state index contributed by atoms with van der Waals surface area (Å²) in [6.45, 7) is 7.41. The van der Waals surface area contributed by atoms with Crippen molar-refractivity contribution in [2.45, 2.75) is 13.8 Å². The fourth-order valence-electron chi connectivity index (χ4n) is 0.180. The van der Waals surface area contributed by atoms with Crippen LogP contribution in [0.2, 0.25) is 0 Å². The average molecular weight is 128 g/mol. The van der Waals surface area contributed by atoms with Gasteiger partial charge in [0.25, 0.3) is 0 Å². The van der Waals surface area contributed by atoms with Crippen LogP contribution < -0.4 is 0 Å². The van der Waals surface area contributed by atoms with Gasteiger partial charge in [0, 0.05) is 20.3 Å². The van der Waals surface area contributed by atoms with Crippen LogP contribution in [0.5, 0.6) is 0 Å². The van der Waals surface area contributed by atoms with Gasteiger partial charge in [-0.1, -0.05) is 20.4 Å². The van der Waals surface area contributed by atoms with Gasteiger partial charge in [-0.2, -0.15) is 0 Å². The normalized spacial score (nSPS) is 8.00. The molecule has 2 heteroatoms. The molecule has 0 N–H and O–H groups in total. The van der Waals surface area contributed by atoms with Crippen molar-refractivity contribution in [3.8, 4) is 0 Å². The quantitative estimate of drug-likeness (QED) is 0.408. The van der Waals surface area contributed by atoms with E-state index >= 15 is 0 Å². The topological polar surface area (TPSA) is 15.6 Å². The summed E-state index contributed by atoms with van der Waals surface area (Å²) in [5.74, 6) is 0. The molecule has 0 unspecified atom stereocenters. The first-order valence-corrected chi connectivity index (χ1v) is 3.08. The molecule has 0 radical (unpaired) electrons. The van der Waals surface area contributed by atoms with Crippen LogP contribution in [-0.4, -0.2) is 25.3 Å². The molecular weight excluding hydrogens is 112 g/mol. The van der Waals surface area contributed by atoms with Crippen LogP contribution in [0.25, 0.3) is 0 Å². The zero-order valence-corrected chi connectivity index (χ0v) is 6.76. The number of aliphatic imine (C=N–C) groups is 1. The van der Waals surface area contributed by atoms with Crippen molar-refractivity contribution < 1.29 is 0 Å². The highest BCUT2D eigenvalue weighted by Gasteiger charge is 1.68. The van der Waals surface area contributed by atoms with Gasteiger partial charge >= 0.3 is 0 Å². The predicted molar refractivity (Wildman–Crippen MR) is 43.7 cm³/mol. The maximum atomic E-state index is 3.74. The minimum Gasteiger partial charge on any atom is -0.369 e. The number of hydrogen-bond acceptors (Lipinski definition) is 1. The molecule has 0 rings (SSSR count). The van der Waals surface area contributed by atoms with Crippen LogP contribution >= 0.6 is 0 Å². The zero-order chi connectivity index (χ0) is 7.70. The van der Waals surface area contributed by atoms with Crippen molar-refractivity contribution in [1.29, 1.82) is 0 Å². The van der Waals surface area contributed by atoms with Crippen molar-refractivity contribution >= 4 is 6.34 Å². The van der Waals surface area contributed by atoms with Crippen LogP contribution in [0.3, 0.4) is 0 Å². The minimum absolute atomic E-state index is 1.50. The Labute approximate surface area is 57.9 Å². The fourth-order valence-corrected chi connectivity index (χ4v) is 0.180. The molecule has 0 aromatic heterocycles. The van der Waals surface area contributed by atoms with Crippen LogP contribution in [0, 0.1) is 0 Å². The number of hydrogen-bond donors (Lipinski definition) is 0. The van der Waals surface area contributed by atoms with Crippen LogP contribution in [0.15, 0.2) is 17.8 Å². The lowest BCUT2D eigenvalue weighted by Crippen LogP contribution is -2.06. The largest absolute Gasteiger partial charge is 0.369 e. The summed E-state index contributed by atoms with van der Waals surface area (Å²) in [5, 5.41) is 0. The standard InChI is InChI=1S/C5H10N2.C2H6/c1-4-6-5-7(2)3;1-2/h4-5H,1H2,2-3H3;1-2H3. The maximum absolute atomic E-state index is 3.74. The second-order valence-corrected chi connectivity index (χ2v) is 1.41. The molecule has 0 saturated carbocycles. The van der Waals surface area contributed by atoms with Gasteiger partial charge in [0.05, 0.1) is 6.34 Å². The van der Waals surface area contributed by atoms with Gasteiger partial charge in [-0.25, -0.2) is 4.99 Å².